The molecule has 1 aromatic carbocycles. The molecule has 8 nitrogen and oxygen atoms in total. The zero-order chi connectivity index (χ0) is 18.4. The van der Waals surface area contributed by atoms with Gasteiger partial charge in [0.15, 0.2) is 28.8 Å². The summed E-state index contributed by atoms with van der Waals surface area (Å²) in [7, 11) is -3.08. The Balaban J connectivity index is 1.68. The highest BCUT2D eigenvalue weighted by atomic mass is 32.2. The molecule has 0 aromatic heterocycles. The number of ether oxygens (including phenoxy) is 2. The van der Waals surface area contributed by atoms with Crippen LogP contribution in [0.3, 0.4) is 0 Å². The summed E-state index contributed by atoms with van der Waals surface area (Å²) < 4.78 is 32.6. The highest BCUT2D eigenvalue weighted by Gasteiger charge is 2.29. The maximum absolute atomic E-state index is 11.6. The lowest BCUT2D eigenvalue weighted by molar-refractivity contribution is -0.150. The molecule has 0 unspecified atom stereocenters. The normalized spacial score (nSPS) is 18.4. The van der Waals surface area contributed by atoms with E-state index in [0.717, 1.165) is 0 Å². The Hall–Kier alpha value is -2.42. The molecule has 9 heteroatoms. The molecular weight excluding hydrogens is 350 g/mol. The number of esters is 1. The molecule has 0 bridgehead atoms. The van der Waals surface area contributed by atoms with Crippen LogP contribution in [-0.4, -0.2) is 56.8 Å². The van der Waals surface area contributed by atoms with Crippen LogP contribution >= 0.6 is 0 Å². The second-order valence-corrected chi connectivity index (χ2v) is 7.93. The van der Waals surface area contributed by atoms with Crippen LogP contribution in [0.4, 0.5) is 0 Å². The predicted octanol–water partition coefficient (Wildman–Crippen LogP) is 0.115. The van der Waals surface area contributed by atoms with Gasteiger partial charge < -0.3 is 14.8 Å². The molecule has 1 N–H and O–H groups in total. The van der Waals surface area contributed by atoms with Crippen molar-refractivity contribution in [1.82, 2.24) is 5.32 Å². The second-order valence-electron chi connectivity index (χ2n) is 5.70. The van der Waals surface area contributed by atoms with E-state index in [4.69, 9.17) is 9.47 Å². The number of carbonyl (C=O) groups is 3. The Bertz CT molecular complexity index is 755. The summed E-state index contributed by atoms with van der Waals surface area (Å²) in [5, 5.41) is 2.51. The molecule has 0 radical (unpaired) electrons. The number of rotatable bonds is 7. The molecule has 1 heterocycles. The molecule has 0 saturated carbocycles. The van der Waals surface area contributed by atoms with E-state index in [1.165, 1.54) is 6.92 Å². The molecule has 0 aliphatic carbocycles. The molecule has 1 aromatic rings. The quantitative estimate of drug-likeness (QED) is 0.536. The summed E-state index contributed by atoms with van der Waals surface area (Å²) in [6, 6.07) is 5.82. The van der Waals surface area contributed by atoms with Gasteiger partial charge in [-0.15, -0.1) is 0 Å². The van der Waals surface area contributed by atoms with Crippen molar-refractivity contribution in [2.45, 2.75) is 19.4 Å². The third-order valence-electron chi connectivity index (χ3n) is 3.58. The Morgan fingerprint density at radius 1 is 1.16 bits per heavy atom. The highest BCUT2D eigenvalue weighted by molar-refractivity contribution is 7.91. The number of benzene rings is 1. The third-order valence-corrected chi connectivity index (χ3v) is 5.35. The number of Topliss-reactive ketones (excluding diaryl/α,β-unsaturated/α-hetero) is 1. The standard InChI is InChI=1S/C16H19NO7S/c1-11(18)12-2-4-14(5-3-12)23-9-16(20)24-8-15(19)17-13-6-7-25(21,22)10-13/h2-5,13H,6-10H2,1H3,(H,17,19)/t13-/m0/s1. The first-order valence-corrected chi connectivity index (χ1v) is 9.46. The van der Waals surface area contributed by atoms with Gasteiger partial charge in [-0.05, 0) is 37.6 Å². The van der Waals surface area contributed by atoms with Crippen molar-refractivity contribution >= 4 is 27.5 Å². The largest absolute Gasteiger partial charge is 0.482 e. The third kappa shape index (κ3) is 6.18. The smallest absolute Gasteiger partial charge is 0.344 e. The Kier molecular flexibility index (Phi) is 6.13. The summed E-state index contributed by atoms with van der Waals surface area (Å²) in [6.07, 6.45) is 0.362. The van der Waals surface area contributed by atoms with Gasteiger partial charge >= 0.3 is 5.97 Å². The lowest BCUT2D eigenvalue weighted by Gasteiger charge is -2.11. The number of nitrogens with one attached hydrogen (secondary N) is 1. The van der Waals surface area contributed by atoms with Crippen LogP contribution in [0.1, 0.15) is 23.7 Å². The number of sulfone groups is 1. The van der Waals surface area contributed by atoms with E-state index < -0.39 is 34.4 Å². The molecule has 1 aliphatic heterocycles. The SMILES string of the molecule is CC(=O)c1ccc(OCC(=O)OCC(=O)N[C@H]2CCS(=O)(=O)C2)cc1. The minimum atomic E-state index is -3.08. The van der Waals surface area contributed by atoms with Gasteiger partial charge in [0.05, 0.1) is 11.5 Å². The lowest BCUT2D eigenvalue weighted by Crippen LogP contribution is -2.38. The molecule has 25 heavy (non-hydrogen) atoms. The fraction of sp³-hybridized carbons (Fsp3) is 0.438. The molecular formula is C16H19NO7S. The van der Waals surface area contributed by atoms with Crippen molar-refractivity contribution in [2.75, 3.05) is 24.7 Å². The van der Waals surface area contributed by atoms with Gasteiger partial charge in [-0.1, -0.05) is 0 Å². The molecule has 1 fully saturated rings. The van der Waals surface area contributed by atoms with Crippen LogP contribution < -0.4 is 10.1 Å². The van der Waals surface area contributed by atoms with E-state index in [2.05, 4.69) is 5.32 Å². The average Bonchev–Trinajstić information content (AvgIpc) is 2.90. The van der Waals surface area contributed by atoms with Crippen LogP contribution in [0.2, 0.25) is 0 Å². The number of amides is 1. The van der Waals surface area contributed by atoms with E-state index in [-0.39, 0.29) is 23.9 Å². The topological polar surface area (TPSA) is 116 Å². The summed E-state index contributed by atoms with van der Waals surface area (Å²) >= 11 is 0. The first kappa shape index (κ1) is 18.9. The number of carbonyl (C=O) groups excluding carboxylic acids is 3. The fourth-order valence-corrected chi connectivity index (χ4v) is 3.97. The summed E-state index contributed by atoms with van der Waals surface area (Å²) in [5.74, 6) is -1.01. The maximum Gasteiger partial charge on any atom is 0.344 e. The monoisotopic (exact) mass is 369 g/mol. The fourth-order valence-electron chi connectivity index (χ4n) is 2.29. The van der Waals surface area contributed by atoms with E-state index >= 15 is 0 Å². The van der Waals surface area contributed by atoms with Crippen molar-refractivity contribution in [1.29, 1.82) is 0 Å². The second kappa shape index (κ2) is 8.11. The van der Waals surface area contributed by atoms with E-state index in [1.807, 2.05) is 0 Å². The van der Waals surface area contributed by atoms with Crippen molar-refractivity contribution in [3.05, 3.63) is 29.8 Å². The first-order valence-electron chi connectivity index (χ1n) is 7.64. The zero-order valence-corrected chi connectivity index (χ0v) is 14.5. The van der Waals surface area contributed by atoms with Gasteiger partial charge in [0.2, 0.25) is 0 Å². The minimum Gasteiger partial charge on any atom is -0.482 e. The van der Waals surface area contributed by atoms with Gasteiger partial charge in [0.25, 0.3) is 5.91 Å². The first-order chi connectivity index (χ1) is 11.7. The average molecular weight is 369 g/mol. The molecule has 136 valence electrons. The van der Waals surface area contributed by atoms with Crippen molar-refractivity contribution in [3.8, 4) is 5.75 Å². The van der Waals surface area contributed by atoms with Gasteiger partial charge in [0.1, 0.15) is 5.75 Å². The van der Waals surface area contributed by atoms with Crippen molar-refractivity contribution in [3.63, 3.8) is 0 Å². The maximum atomic E-state index is 11.6. The van der Waals surface area contributed by atoms with Gasteiger partial charge in [0, 0.05) is 11.6 Å². The van der Waals surface area contributed by atoms with Crippen LogP contribution in [0.25, 0.3) is 0 Å². The van der Waals surface area contributed by atoms with E-state index in [9.17, 15) is 22.8 Å². The molecule has 1 aliphatic rings. The number of hydrogen-bond acceptors (Lipinski definition) is 7. The van der Waals surface area contributed by atoms with Gasteiger partial charge in [-0.25, -0.2) is 13.2 Å². The Morgan fingerprint density at radius 3 is 2.40 bits per heavy atom. The molecule has 1 amide bonds. The van der Waals surface area contributed by atoms with E-state index in [1.54, 1.807) is 24.3 Å². The van der Waals surface area contributed by atoms with Crippen LogP contribution in [0.15, 0.2) is 24.3 Å². The molecule has 1 atom stereocenters. The molecule has 2 rings (SSSR count). The predicted molar refractivity (Wildman–Crippen MR) is 88.1 cm³/mol. The summed E-state index contributed by atoms with van der Waals surface area (Å²) in [6.45, 7) is 0.561. The van der Waals surface area contributed by atoms with Crippen LogP contribution in [0.5, 0.6) is 5.75 Å². The Morgan fingerprint density at radius 2 is 1.84 bits per heavy atom. The van der Waals surface area contributed by atoms with Crippen LogP contribution in [0, 0.1) is 0 Å². The number of ketones is 1. The van der Waals surface area contributed by atoms with Crippen molar-refractivity contribution in [2.24, 2.45) is 0 Å². The Labute approximate surface area is 145 Å². The zero-order valence-electron chi connectivity index (χ0n) is 13.7. The summed E-state index contributed by atoms with van der Waals surface area (Å²) in [5.41, 5.74) is 0.528. The van der Waals surface area contributed by atoms with Gasteiger partial charge in [-0.2, -0.15) is 0 Å². The summed E-state index contributed by atoms with van der Waals surface area (Å²) in [4.78, 5) is 34.3. The molecule has 0 spiro atoms. The van der Waals surface area contributed by atoms with Crippen LogP contribution in [-0.2, 0) is 24.2 Å². The lowest BCUT2D eigenvalue weighted by atomic mass is 10.1. The van der Waals surface area contributed by atoms with Crippen molar-refractivity contribution < 1.29 is 32.3 Å². The molecule has 1 saturated heterocycles. The number of hydrogen-bond donors (Lipinski definition) is 1. The highest BCUT2D eigenvalue weighted by Crippen LogP contribution is 2.13. The van der Waals surface area contributed by atoms with Gasteiger partial charge in [-0.3, -0.25) is 9.59 Å². The minimum absolute atomic E-state index is 0.0496. The van der Waals surface area contributed by atoms with E-state index in [0.29, 0.717) is 17.7 Å².